The predicted molar refractivity (Wildman–Crippen MR) is 97.8 cm³/mol. The maximum absolute atomic E-state index is 11.7. The number of carbonyl (C=O) groups is 1. The summed E-state index contributed by atoms with van der Waals surface area (Å²) in [6, 6.07) is 16.9. The number of hydrogen-bond donors (Lipinski definition) is 1. The summed E-state index contributed by atoms with van der Waals surface area (Å²) in [6.07, 6.45) is 0. The number of fused-ring (bicyclic) bond motifs is 1. The minimum atomic E-state index is -0.998. The molecule has 0 aliphatic heterocycles. The van der Waals surface area contributed by atoms with Crippen LogP contribution < -0.4 is 9.47 Å². The number of carboxylic acid groups (broad SMARTS) is 1. The Bertz CT molecular complexity index is 895. The number of hydrogen-bond acceptors (Lipinski definition) is 3. The van der Waals surface area contributed by atoms with E-state index in [2.05, 4.69) is 6.07 Å². The van der Waals surface area contributed by atoms with Crippen molar-refractivity contribution < 1.29 is 19.4 Å². The monoisotopic (exact) mass is 336 g/mol. The van der Waals surface area contributed by atoms with Crippen molar-refractivity contribution in [2.75, 3.05) is 13.2 Å². The van der Waals surface area contributed by atoms with E-state index in [4.69, 9.17) is 9.47 Å². The SMILES string of the molecule is Cc1cc(C)cc(OCCOc2ccc3ccccc3c2C(=O)O)c1. The lowest BCUT2D eigenvalue weighted by molar-refractivity contribution is 0.0693. The second-order valence-corrected chi connectivity index (χ2v) is 5.99. The predicted octanol–water partition coefficient (Wildman–Crippen LogP) is 4.61. The van der Waals surface area contributed by atoms with Gasteiger partial charge in [0, 0.05) is 0 Å². The van der Waals surface area contributed by atoms with Gasteiger partial charge in [-0.2, -0.15) is 0 Å². The summed E-state index contributed by atoms with van der Waals surface area (Å²) >= 11 is 0. The molecule has 0 saturated carbocycles. The average Bonchev–Trinajstić information content (AvgIpc) is 2.57. The first-order chi connectivity index (χ1) is 12.0. The van der Waals surface area contributed by atoms with Crippen LogP contribution in [0.25, 0.3) is 10.8 Å². The average molecular weight is 336 g/mol. The van der Waals surface area contributed by atoms with E-state index in [9.17, 15) is 9.90 Å². The zero-order chi connectivity index (χ0) is 17.8. The van der Waals surface area contributed by atoms with Crippen molar-refractivity contribution in [3.63, 3.8) is 0 Å². The van der Waals surface area contributed by atoms with Gasteiger partial charge in [0.1, 0.15) is 30.3 Å². The van der Waals surface area contributed by atoms with Crippen LogP contribution in [0.2, 0.25) is 0 Å². The molecule has 0 saturated heterocycles. The smallest absolute Gasteiger partial charge is 0.340 e. The van der Waals surface area contributed by atoms with Gasteiger partial charge in [0.25, 0.3) is 0 Å². The first-order valence-corrected chi connectivity index (χ1v) is 8.13. The van der Waals surface area contributed by atoms with Crippen molar-refractivity contribution in [3.05, 3.63) is 71.3 Å². The van der Waals surface area contributed by atoms with E-state index < -0.39 is 5.97 Å². The zero-order valence-electron chi connectivity index (χ0n) is 14.3. The van der Waals surface area contributed by atoms with Gasteiger partial charge in [-0.25, -0.2) is 4.79 Å². The quantitative estimate of drug-likeness (QED) is 0.668. The summed E-state index contributed by atoms with van der Waals surface area (Å²) in [5.41, 5.74) is 2.46. The molecule has 0 aliphatic carbocycles. The maximum atomic E-state index is 11.7. The van der Waals surface area contributed by atoms with Gasteiger partial charge in [-0.3, -0.25) is 0 Å². The summed E-state index contributed by atoms with van der Waals surface area (Å²) in [7, 11) is 0. The molecule has 3 aromatic carbocycles. The molecule has 4 nitrogen and oxygen atoms in total. The number of aryl methyl sites for hydroxylation is 2. The lowest BCUT2D eigenvalue weighted by Gasteiger charge is -2.13. The Morgan fingerprint density at radius 3 is 2.32 bits per heavy atom. The molecule has 0 aromatic heterocycles. The summed E-state index contributed by atoms with van der Waals surface area (Å²) in [6.45, 7) is 4.65. The van der Waals surface area contributed by atoms with E-state index in [1.807, 2.05) is 50.2 Å². The van der Waals surface area contributed by atoms with Gasteiger partial charge in [-0.1, -0.05) is 36.4 Å². The highest BCUT2D eigenvalue weighted by molar-refractivity contribution is 6.06. The Morgan fingerprint density at radius 1 is 0.920 bits per heavy atom. The molecule has 0 amide bonds. The van der Waals surface area contributed by atoms with E-state index in [-0.39, 0.29) is 12.2 Å². The van der Waals surface area contributed by atoms with E-state index in [1.54, 1.807) is 12.1 Å². The first-order valence-electron chi connectivity index (χ1n) is 8.13. The molecule has 0 bridgehead atoms. The number of benzene rings is 3. The molecule has 1 N–H and O–H groups in total. The van der Waals surface area contributed by atoms with Gasteiger partial charge in [0.2, 0.25) is 0 Å². The van der Waals surface area contributed by atoms with Crippen molar-refractivity contribution >= 4 is 16.7 Å². The van der Waals surface area contributed by atoms with Crippen LogP contribution in [0.4, 0.5) is 0 Å². The number of aromatic carboxylic acids is 1. The van der Waals surface area contributed by atoms with Gasteiger partial charge in [-0.15, -0.1) is 0 Å². The molecule has 3 rings (SSSR count). The molecule has 128 valence electrons. The highest BCUT2D eigenvalue weighted by atomic mass is 16.5. The van der Waals surface area contributed by atoms with Crippen molar-refractivity contribution in [1.82, 2.24) is 0 Å². The van der Waals surface area contributed by atoms with Crippen LogP contribution in [0.1, 0.15) is 21.5 Å². The Labute approximate surface area is 146 Å². The van der Waals surface area contributed by atoms with Gasteiger partial charge >= 0.3 is 5.97 Å². The third kappa shape index (κ3) is 3.91. The first kappa shape index (κ1) is 16.8. The Balaban J connectivity index is 1.71. The third-order valence-corrected chi connectivity index (χ3v) is 3.91. The van der Waals surface area contributed by atoms with E-state index >= 15 is 0 Å². The molecule has 4 heteroatoms. The molecule has 0 aliphatic rings. The number of ether oxygens (including phenoxy) is 2. The van der Waals surface area contributed by atoms with Crippen molar-refractivity contribution in [2.45, 2.75) is 13.8 Å². The Kier molecular flexibility index (Phi) is 4.89. The van der Waals surface area contributed by atoms with Crippen molar-refractivity contribution in [1.29, 1.82) is 0 Å². The lowest BCUT2D eigenvalue weighted by Crippen LogP contribution is -2.11. The molecule has 0 fully saturated rings. The molecule has 3 aromatic rings. The van der Waals surface area contributed by atoms with E-state index in [1.165, 1.54) is 0 Å². The summed E-state index contributed by atoms with van der Waals surface area (Å²) in [5.74, 6) is 0.148. The number of rotatable bonds is 6. The lowest BCUT2D eigenvalue weighted by atomic mass is 10.0. The fraction of sp³-hybridized carbons (Fsp3) is 0.190. The summed E-state index contributed by atoms with van der Waals surface area (Å²) in [5, 5.41) is 11.1. The fourth-order valence-corrected chi connectivity index (χ4v) is 2.92. The van der Waals surface area contributed by atoms with E-state index in [0.717, 1.165) is 22.3 Å². The van der Waals surface area contributed by atoms with Gasteiger partial charge in [0.05, 0.1) is 0 Å². The van der Waals surface area contributed by atoms with Crippen LogP contribution in [0, 0.1) is 13.8 Å². The van der Waals surface area contributed by atoms with Crippen LogP contribution in [0.5, 0.6) is 11.5 Å². The normalized spacial score (nSPS) is 10.6. The minimum Gasteiger partial charge on any atom is -0.490 e. The van der Waals surface area contributed by atoms with Crippen LogP contribution in [-0.4, -0.2) is 24.3 Å². The van der Waals surface area contributed by atoms with Crippen molar-refractivity contribution in [2.24, 2.45) is 0 Å². The standard InChI is InChI=1S/C21H20O4/c1-14-11-15(2)13-17(12-14)24-9-10-25-19-8-7-16-5-3-4-6-18(16)20(19)21(22)23/h3-8,11-13H,9-10H2,1-2H3,(H,22,23). The summed E-state index contributed by atoms with van der Waals surface area (Å²) in [4.78, 5) is 11.7. The largest absolute Gasteiger partial charge is 0.490 e. The van der Waals surface area contributed by atoms with Crippen LogP contribution >= 0.6 is 0 Å². The van der Waals surface area contributed by atoms with Crippen molar-refractivity contribution in [3.8, 4) is 11.5 Å². The molecule has 25 heavy (non-hydrogen) atoms. The highest BCUT2D eigenvalue weighted by Gasteiger charge is 2.15. The Morgan fingerprint density at radius 2 is 1.60 bits per heavy atom. The topological polar surface area (TPSA) is 55.8 Å². The minimum absolute atomic E-state index is 0.185. The van der Waals surface area contributed by atoms with Crippen LogP contribution in [-0.2, 0) is 0 Å². The molecule has 0 unspecified atom stereocenters. The van der Waals surface area contributed by atoms with E-state index in [0.29, 0.717) is 17.7 Å². The molecular formula is C21H20O4. The third-order valence-electron chi connectivity index (χ3n) is 3.91. The molecule has 0 radical (unpaired) electrons. The second-order valence-electron chi connectivity index (χ2n) is 5.99. The van der Waals surface area contributed by atoms with Gasteiger partial charge in [-0.05, 0) is 53.9 Å². The molecule has 0 spiro atoms. The van der Waals surface area contributed by atoms with Crippen LogP contribution in [0.15, 0.2) is 54.6 Å². The van der Waals surface area contributed by atoms with Gasteiger partial charge in [0.15, 0.2) is 0 Å². The summed E-state index contributed by atoms with van der Waals surface area (Å²) < 4.78 is 11.4. The zero-order valence-corrected chi connectivity index (χ0v) is 14.3. The maximum Gasteiger partial charge on any atom is 0.340 e. The second kappa shape index (κ2) is 7.26. The number of carboxylic acids is 1. The fourth-order valence-electron chi connectivity index (χ4n) is 2.92. The molecular weight excluding hydrogens is 316 g/mol. The molecule has 0 heterocycles. The highest BCUT2D eigenvalue weighted by Crippen LogP contribution is 2.28. The van der Waals surface area contributed by atoms with Gasteiger partial charge < -0.3 is 14.6 Å². The Hall–Kier alpha value is -3.01. The molecule has 0 atom stereocenters. The van der Waals surface area contributed by atoms with Crippen LogP contribution in [0.3, 0.4) is 0 Å².